The molecule has 0 aromatic rings. The number of carbonyl (C=O) groups excluding carboxylic acids is 1. The number of nitrogens with one attached hydrogen (secondary N) is 1. The lowest BCUT2D eigenvalue weighted by Crippen LogP contribution is -2.57. The first-order chi connectivity index (χ1) is 8.22. The number of piperidine rings is 1. The van der Waals surface area contributed by atoms with E-state index in [0.29, 0.717) is 19.3 Å². The number of rotatable bonds is 2. The molecular weight excluding hydrogens is 216 g/mol. The summed E-state index contributed by atoms with van der Waals surface area (Å²) in [6, 6.07) is 0.778. The first kappa shape index (κ1) is 12.8. The maximum absolute atomic E-state index is 12.5. The van der Waals surface area contributed by atoms with E-state index in [9.17, 15) is 4.79 Å². The third kappa shape index (κ3) is 2.99. The number of nitrogens with zero attached hydrogens (tertiary/aromatic N) is 1. The monoisotopic (exact) mass is 240 g/mol. The van der Waals surface area contributed by atoms with Crippen LogP contribution in [0.15, 0.2) is 0 Å². The Labute approximate surface area is 104 Å². The zero-order valence-electron chi connectivity index (χ0n) is 10.9. The Morgan fingerprint density at radius 1 is 1.47 bits per heavy atom. The molecule has 0 saturated carbocycles. The van der Waals surface area contributed by atoms with Gasteiger partial charge in [0.25, 0.3) is 0 Å². The van der Waals surface area contributed by atoms with Crippen LogP contribution < -0.4 is 5.32 Å². The Morgan fingerprint density at radius 2 is 2.29 bits per heavy atom. The van der Waals surface area contributed by atoms with Crippen LogP contribution in [-0.2, 0) is 9.53 Å². The van der Waals surface area contributed by atoms with Crippen molar-refractivity contribution in [3.05, 3.63) is 0 Å². The van der Waals surface area contributed by atoms with Gasteiger partial charge in [-0.2, -0.15) is 0 Å². The van der Waals surface area contributed by atoms with E-state index in [1.54, 1.807) is 0 Å². The summed E-state index contributed by atoms with van der Waals surface area (Å²) in [5.41, 5.74) is 0. The summed E-state index contributed by atoms with van der Waals surface area (Å²) in [7, 11) is 0. The summed E-state index contributed by atoms with van der Waals surface area (Å²) in [6.07, 6.45) is 4.31. The van der Waals surface area contributed by atoms with Gasteiger partial charge in [0.15, 0.2) is 0 Å². The van der Waals surface area contributed by atoms with Gasteiger partial charge in [-0.05, 0) is 32.6 Å². The highest BCUT2D eigenvalue weighted by Crippen LogP contribution is 2.18. The molecule has 2 aliphatic heterocycles. The topological polar surface area (TPSA) is 41.6 Å². The lowest BCUT2D eigenvalue weighted by Gasteiger charge is -2.39. The van der Waals surface area contributed by atoms with E-state index >= 15 is 0 Å². The van der Waals surface area contributed by atoms with Gasteiger partial charge in [0.05, 0.1) is 25.3 Å². The van der Waals surface area contributed by atoms with E-state index in [0.717, 1.165) is 25.8 Å². The zero-order chi connectivity index (χ0) is 12.3. The Kier molecular flexibility index (Phi) is 4.40. The number of hydrogen-bond donors (Lipinski definition) is 1. The predicted octanol–water partition coefficient (Wildman–Crippen LogP) is 1.15. The van der Waals surface area contributed by atoms with Gasteiger partial charge in [0.2, 0.25) is 5.91 Å². The van der Waals surface area contributed by atoms with E-state index in [2.05, 4.69) is 19.2 Å². The number of morpholine rings is 1. The van der Waals surface area contributed by atoms with E-state index in [-0.39, 0.29) is 18.0 Å². The highest BCUT2D eigenvalue weighted by molar-refractivity contribution is 5.82. The molecule has 4 nitrogen and oxygen atoms in total. The molecule has 2 fully saturated rings. The molecule has 0 aromatic carbocycles. The van der Waals surface area contributed by atoms with Crippen LogP contribution >= 0.6 is 0 Å². The number of hydrogen-bond acceptors (Lipinski definition) is 3. The minimum atomic E-state index is 0.0332. The molecule has 0 radical (unpaired) electrons. The van der Waals surface area contributed by atoms with Crippen molar-refractivity contribution in [2.45, 2.75) is 57.7 Å². The molecule has 2 rings (SSSR count). The molecule has 0 spiro atoms. The number of carbonyl (C=O) groups is 1. The molecule has 2 heterocycles. The second-order valence-electron chi connectivity index (χ2n) is 5.22. The summed E-state index contributed by atoms with van der Waals surface area (Å²) < 4.78 is 5.45. The van der Waals surface area contributed by atoms with E-state index in [1.165, 1.54) is 6.42 Å². The molecule has 4 heteroatoms. The summed E-state index contributed by atoms with van der Waals surface area (Å²) in [5.74, 6) is 0.284. The minimum absolute atomic E-state index is 0.0332. The van der Waals surface area contributed by atoms with Gasteiger partial charge in [-0.15, -0.1) is 0 Å². The first-order valence-electron chi connectivity index (χ1n) is 6.86. The number of amides is 1. The molecule has 0 aliphatic carbocycles. The van der Waals surface area contributed by atoms with Crippen LogP contribution in [0.2, 0.25) is 0 Å². The summed E-state index contributed by atoms with van der Waals surface area (Å²) >= 11 is 0. The van der Waals surface area contributed by atoms with Crippen LogP contribution in [0.25, 0.3) is 0 Å². The van der Waals surface area contributed by atoms with E-state index in [1.807, 2.05) is 4.90 Å². The maximum atomic E-state index is 12.5. The van der Waals surface area contributed by atoms with Crippen LogP contribution in [0.4, 0.5) is 0 Å². The average Bonchev–Trinajstić information content (AvgIpc) is 2.38. The van der Waals surface area contributed by atoms with Crippen molar-refractivity contribution in [2.75, 3.05) is 19.8 Å². The molecular formula is C13H24N2O2. The van der Waals surface area contributed by atoms with Gasteiger partial charge >= 0.3 is 0 Å². The average molecular weight is 240 g/mol. The van der Waals surface area contributed by atoms with E-state index in [4.69, 9.17) is 4.74 Å². The van der Waals surface area contributed by atoms with Crippen molar-refractivity contribution in [1.82, 2.24) is 10.2 Å². The van der Waals surface area contributed by atoms with Crippen molar-refractivity contribution >= 4 is 5.91 Å². The summed E-state index contributed by atoms with van der Waals surface area (Å²) in [4.78, 5) is 14.5. The zero-order valence-corrected chi connectivity index (χ0v) is 10.9. The van der Waals surface area contributed by atoms with Crippen molar-refractivity contribution in [2.24, 2.45) is 0 Å². The Balaban J connectivity index is 1.97. The SMILES string of the molecule is CCC1COCCN1C(=O)C1CCCC(C)N1. The molecule has 3 unspecified atom stereocenters. The highest BCUT2D eigenvalue weighted by atomic mass is 16.5. The lowest BCUT2D eigenvalue weighted by molar-refractivity contribution is -0.143. The normalized spacial score (nSPS) is 34.7. The van der Waals surface area contributed by atoms with Crippen molar-refractivity contribution in [3.8, 4) is 0 Å². The molecule has 0 bridgehead atoms. The molecule has 0 aromatic heterocycles. The molecule has 1 amide bonds. The maximum Gasteiger partial charge on any atom is 0.240 e. The van der Waals surface area contributed by atoms with Crippen LogP contribution in [0.3, 0.4) is 0 Å². The predicted molar refractivity (Wildman–Crippen MR) is 66.8 cm³/mol. The second kappa shape index (κ2) is 5.83. The quantitative estimate of drug-likeness (QED) is 0.787. The Bertz CT molecular complexity index is 270. The van der Waals surface area contributed by atoms with Crippen molar-refractivity contribution in [3.63, 3.8) is 0 Å². The molecule has 17 heavy (non-hydrogen) atoms. The van der Waals surface area contributed by atoms with Gasteiger partial charge < -0.3 is 15.0 Å². The van der Waals surface area contributed by atoms with Crippen LogP contribution in [0.1, 0.15) is 39.5 Å². The fourth-order valence-electron chi connectivity index (χ4n) is 2.82. The standard InChI is InChI=1S/C13H24N2O2/c1-3-11-9-17-8-7-15(11)13(16)12-6-4-5-10(2)14-12/h10-12,14H,3-9H2,1-2H3. The smallest absolute Gasteiger partial charge is 0.240 e. The van der Waals surface area contributed by atoms with Crippen molar-refractivity contribution < 1.29 is 9.53 Å². The number of ether oxygens (including phenoxy) is 1. The Hall–Kier alpha value is -0.610. The fourth-order valence-corrected chi connectivity index (χ4v) is 2.82. The molecule has 2 aliphatic rings. The highest BCUT2D eigenvalue weighted by Gasteiger charge is 2.32. The van der Waals surface area contributed by atoms with Gasteiger partial charge in [0.1, 0.15) is 0 Å². The van der Waals surface area contributed by atoms with Gasteiger partial charge in [-0.3, -0.25) is 4.79 Å². The molecule has 3 atom stereocenters. The minimum Gasteiger partial charge on any atom is -0.377 e. The van der Waals surface area contributed by atoms with Gasteiger partial charge in [0, 0.05) is 12.6 Å². The molecule has 2 saturated heterocycles. The second-order valence-corrected chi connectivity index (χ2v) is 5.22. The van der Waals surface area contributed by atoms with Gasteiger partial charge in [-0.1, -0.05) is 6.92 Å². The van der Waals surface area contributed by atoms with Crippen molar-refractivity contribution in [1.29, 1.82) is 0 Å². The third-order valence-electron chi connectivity index (χ3n) is 3.90. The molecule has 98 valence electrons. The first-order valence-corrected chi connectivity index (χ1v) is 6.86. The molecule has 1 N–H and O–H groups in total. The third-order valence-corrected chi connectivity index (χ3v) is 3.90. The van der Waals surface area contributed by atoms with Crippen LogP contribution in [0, 0.1) is 0 Å². The largest absolute Gasteiger partial charge is 0.377 e. The summed E-state index contributed by atoms with van der Waals surface area (Å²) in [6.45, 7) is 6.42. The van der Waals surface area contributed by atoms with Crippen LogP contribution in [0.5, 0.6) is 0 Å². The summed E-state index contributed by atoms with van der Waals surface area (Å²) in [5, 5.41) is 3.43. The van der Waals surface area contributed by atoms with Gasteiger partial charge in [-0.25, -0.2) is 0 Å². The Morgan fingerprint density at radius 3 is 3.00 bits per heavy atom. The van der Waals surface area contributed by atoms with E-state index < -0.39 is 0 Å². The van der Waals surface area contributed by atoms with Crippen LogP contribution in [-0.4, -0.2) is 48.7 Å². The lowest BCUT2D eigenvalue weighted by atomic mass is 9.98. The fraction of sp³-hybridized carbons (Fsp3) is 0.923.